The number of carbonyl (C=O) groups is 1. The topological polar surface area (TPSA) is 80.9 Å². The summed E-state index contributed by atoms with van der Waals surface area (Å²) in [6, 6.07) is 4.02. The molecule has 2 aromatic heterocycles. The molecule has 0 aliphatic heterocycles. The van der Waals surface area contributed by atoms with E-state index in [1.54, 1.807) is 11.3 Å². The molecule has 4 rings (SSSR count). The molecule has 0 spiro atoms. The minimum atomic E-state index is -0.0128. The van der Waals surface area contributed by atoms with Crippen molar-refractivity contribution in [3.05, 3.63) is 46.2 Å². The molecular weight excluding hydrogens is 356 g/mol. The highest BCUT2D eigenvalue weighted by atomic mass is 32.1. The first kappa shape index (κ1) is 17.9. The summed E-state index contributed by atoms with van der Waals surface area (Å²) in [6.07, 6.45) is 6.09. The third kappa shape index (κ3) is 3.67. The number of nitrogens with zero attached hydrogens (tertiary/aromatic N) is 2. The van der Waals surface area contributed by atoms with Gasteiger partial charge in [0.1, 0.15) is 5.69 Å². The van der Waals surface area contributed by atoms with E-state index in [4.69, 9.17) is 15.7 Å². The minimum Gasteiger partial charge on any atom is -0.402 e. The van der Waals surface area contributed by atoms with Crippen LogP contribution >= 0.6 is 11.3 Å². The van der Waals surface area contributed by atoms with Gasteiger partial charge in [-0.05, 0) is 60.3 Å². The maximum Gasteiger partial charge on any atom is 0.225 e. The van der Waals surface area contributed by atoms with Crippen LogP contribution in [0.2, 0.25) is 0 Å². The Hall–Kier alpha value is -2.47. The second-order valence-corrected chi connectivity index (χ2v) is 8.51. The predicted octanol–water partition coefficient (Wildman–Crippen LogP) is 4.53. The maximum absolute atomic E-state index is 12.4. The standard InChI is InChI=1S/C21H24N4OS/c1-12(2)10-18(26)24-21-20(17-4-3-9-27-17)25-19-15-7-6-14(22)11-13(15)5-8-16(19)23-21/h3-4,9,11-12H,5-8,10,22H2,1-2H3,(H,23,24,26). The number of hydrogen-bond donors (Lipinski definition) is 2. The molecule has 140 valence electrons. The summed E-state index contributed by atoms with van der Waals surface area (Å²) in [7, 11) is 0. The number of nitrogens with two attached hydrogens (primary N) is 1. The van der Waals surface area contributed by atoms with Crippen molar-refractivity contribution in [2.45, 2.75) is 46.0 Å². The van der Waals surface area contributed by atoms with Gasteiger partial charge in [-0.2, -0.15) is 0 Å². The van der Waals surface area contributed by atoms with Gasteiger partial charge in [0.2, 0.25) is 5.91 Å². The molecule has 2 aliphatic carbocycles. The Balaban J connectivity index is 1.79. The van der Waals surface area contributed by atoms with Crippen LogP contribution in [0.5, 0.6) is 0 Å². The van der Waals surface area contributed by atoms with E-state index in [1.807, 2.05) is 31.4 Å². The summed E-state index contributed by atoms with van der Waals surface area (Å²) >= 11 is 1.61. The summed E-state index contributed by atoms with van der Waals surface area (Å²) in [6.45, 7) is 4.07. The third-order valence-electron chi connectivity index (χ3n) is 4.90. The Morgan fingerprint density at radius 1 is 1.22 bits per heavy atom. The first-order chi connectivity index (χ1) is 13.0. The van der Waals surface area contributed by atoms with E-state index in [-0.39, 0.29) is 5.91 Å². The smallest absolute Gasteiger partial charge is 0.225 e. The molecule has 1 amide bonds. The average molecular weight is 381 g/mol. The molecule has 5 nitrogen and oxygen atoms in total. The highest BCUT2D eigenvalue weighted by Crippen LogP contribution is 2.39. The van der Waals surface area contributed by atoms with Crippen molar-refractivity contribution >= 4 is 28.6 Å². The fraction of sp³-hybridized carbons (Fsp3) is 0.381. The number of amides is 1. The number of rotatable bonds is 4. The number of aryl methyl sites for hydroxylation is 1. The minimum absolute atomic E-state index is 0.0128. The van der Waals surface area contributed by atoms with E-state index in [0.717, 1.165) is 53.3 Å². The molecule has 2 aromatic rings. The van der Waals surface area contributed by atoms with E-state index in [9.17, 15) is 4.79 Å². The first-order valence-corrected chi connectivity index (χ1v) is 10.3. The van der Waals surface area contributed by atoms with Gasteiger partial charge in [0, 0.05) is 12.1 Å². The Morgan fingerprint density at radius 3 is 2.81 bits per heavy atom. The zero-order chi connectivity index (χ0) is 19.0. The summed E-state index contributed by atoms with van der Waals surface area (Å²) < 4.78 is 0. The van der Waals surface area contributed by atoms with Crippen LogP contribution in [0.3, 0.4) is 0 Å². The van der Waals surface area contributed by atoms with Crippen molar-refractivity contribution in [3.8, 4) is 10.6 Å². The SMILES string of the molecule is CC(C)CC(=O)Nc1nc2c(nc1-c1cccs1)C1=C(C=C(N)CC1)CC2. The number of anilines is 1. The second-order valence-electron chi connectivity index (χ2n) is 7.56. The highest BCUT2D eigenvalue weighted by Gasteiger charge is 2.26. The molecule has 0 saturated carbocycles. The number of thiophene rings is 1. The molecule has 0 fully saturated rings. The maximum atomic E-state index is 12.4. The fourth-order valence-electron chi connectivity index (χ4n) is 3.67. The zero-order valence-electron chi connectivity index (χ0n) is 15.7. The average Bonchev–Trinajstić information content (AvgIpc) is 3.14. The van der Waals surface area contributed by atoms with Crippen LogP contribution in [-0.4, -0.2) is 15.9 Å². The van der Waals surface area contributed by atoms with E-state index in [0.29, 0.717) is 18.2 Å². The molecule has 2 heterocycles. The van der Waals surface area contributed by atoms with Crippen molar-refractivity contribution in [2.75, 3.05) is 5.32 Å². The van der Waals surface area contributed by atoms with Gasteiger partial charge in [0.15, 0.2) is 5.82 Å². The van der Waals surface area contributed by atoms with Gasteiger partial charge in [-0.1, -0.05) is 19.9 Å². The highest BCUT2D eigenvalue weighted by molar-refractivity contribution is 7.13. The third-order valence-corrected chi connectivity index (χ3v) is 5.78. The Morgan fingerprint density at radius 2 is 2.07 bits per heavy atom. The van der Waals surface area contributed by atoms with Crippen LogP contribution in [0.15, 0.2) is 34.9 Å². The summed E-state index contributed by atoms with van der Waals surface area (Å²) in [5.74, 6) is 0.867. The lowest BCUT2D eigenvalue weighted by Crippen LogP contribution is -2.19. The number of hydrogen-bond acceptors (Lipinski definition) is 5. The number of nitrogens with one attached hydrogen (secondary N) is 1. The van der Waals surface area contributed by atoms with Gasteiger partial charge in [-0.15, -0.1) is 11.3 Å². The van der Waals surface area contributed by atoms with Crippen molar-refractivity contribution in [2.24, 2.45) is 11.7 Å². The normalized spacial score (nSPS) is 16.0. The molecule has 6 heteroatoms. The first-order valence-electron chi connectivity index (χ1n) is 9.44. The molecule has 0 bridgehead atoms. The monoisotopic (exact) mass is 380 g/mol. The molecule has 0 unspecified atom stereocenters. The number of carbonyl (C=O) groups excluding carboxylic acids is 1. The quantitative estimate of drug-likeness (QED) is 0.817. The molecule has 0 radical (unpaired) electrons. The lowest BCUT2D eigenvalue weighted by Gasteiger charge is -2.25. The molecule has 0 aromatic carbocycles. The second kappa shape index (κ2) is 7.27. The summed E-state index contributed by atoms with van der Waals surface area (Å²) in [5, 5.41) is 5.02. The summed E-state index contributed by atoms with van der Waals surface area (Å²) in [5.41, 5.74) is 12.2. The number of fused-ring (bicyclic) bond motifs is 2. The van der Waals surface area contributed by atoms with E-state index < -0.39 is 0 Å². The molecule has 0 saturated heterocycles. The van der Waals surface area contributed by atoms with Gasteiger partial charge in [0.25, 0.3) is 0 Å². The number of aromatic nitrogens is 2. The Labute approximate surface area is 163 Å². The van der Waals surface area contributed by atoms with Gasteiger partial charge in [-0.25, -0.2) is 9.97 Å². The van der Waals surface area contributed by atoms with Crippen molar-refractivity contribution < 1.29 is 4.79 Å². The fourth-order valence-corrected chi connectivity index (χ4v) is 4.39. The van der Waals surface area contributed by atoms with Gasteiger partial charge >= 0.3 is 0 Å². The largest absolute Gasteiger partial charge is 0.402 e. The lowest BCUT2D eigenvalue weighted by molar-refractivity contribution is -0.116. The van der Waals surface area contributed by atoms with Crippen LogP contribution in [0.1, 0.15) is 50.9 Å². The molecule has 2 aliphatic rings. The van der Waals surface area contributed by atoms with Crippen LogP contribution in [-0.2, 0) is 11.2 Å². The molecular formula is C21H24N4OS. The van der Waals surface area contributed by atoms with E-state index >= 15 is 0 Å². The molecule has 0 atom stereocenters. The molecule has 3 N–H and O–H groups in total. The summed E-state index contributed by atoms with van der Waals surface area (Å²) in [4.78, 5) is 23.2. The van der Waals surface area contributed by atoms with Crippen LogP contribution in [0, 0.1) is 5.92 Å². The van der Waals surface area contributed by atoms with Crippen LogP contribution < -0.4 is 11.1 Å². The van der Waals surface area contributed by atoms with Crippen molar-refractivity contribution in [1.82, 2.24) is 9.97 Å². The van der Waals surface area contributed by atoms with E-state index in [2.05, 4.69) is 11.4 Å². The van der Waals surface area contributed by atoms with Gasteiger partial charge in [-0.3, -0.25) is 4.79 Å². The van der Waals surface area contributed by atoms with Crippen LogP contribution in [0.25, 0.3) is 16.1 Å². The van der Waals surface area contributed by atoms with Gasteiger partial charge < -0.3 is 11.1 Å². The number of allylic oxidation sites excluding steroid dienone is 4. The van der Waals surface area contributed by atoms with Crippen molar-refractivity contribution in [3.63, 3.8) is 0 Å². The van der Waals surface area contributed by atoms with Crippen molar-refractivity contribution in [1.29, 1.82) is 0 Å². The Bertz CT molecular complexity index is 941. The predicted molar refractivity (Wildman–Crippen MR) is 110 cm³/mol. The van der Waals surface area contributed by atoms with E-state index in [1.165, 1.54) is 11.1 Å². The van der Waals surface area contributed by atoms with Crippen LogP contribution in [0.4, 0.5) is 5.82 Å². The molecule has 27 heavy (non-hydrogen) atoms. The Kier molecular flexibility index (Phi) is 4.83. The van der Waals surface area contributed by atoms with Gasteiger partial charge in [0.05, 0.1) is 16.3 Å². The zero-order valence-corrected chi connectivity index (χ0v) is 16.5. The lowest BCUT2D eigenvalue weighted by atomic mass is 9.85.